The number of imide groups is 2. The lowest BCUT2D eigenvalue weighted by atomic mass is 9.85. The number of hydrogen-bond acceptors (Lipinski definition) is 4. The van der Waals surface area contributed by atoms with Gasteiger partial charge in [0, 0.05) is 30.0 Å². The van der Waals surface area contributed by atoms with Gasteiger partial charge in [0.1, 0.15) is 0 Å². The molecule has 2 heterocycles. The average Bonchev–Trinajstić information content (AvgIpc) is 2.98. The SMILES string of the molecule is Cc1cc(C(=O)CN2C(=O)C(=O)N([C@@H]3CCCC[C@H]3C)C2=O)c(C)n1C. The number of urea groups is 1. The number of ketones is 1. The third-order valence-electron chi connectivity index (χ3n) is 5.86. The highest BCUT2D eigenvalue weighted by molar-refractivity contribution is 6.45. The largest absolute Gasteiger partial charge is 0.351 e. The summed E-state index contributed by atoms with van der Waals surface area (Å²) in [6.07, 6.45) is 3.64. The van der Waals surface area contributed by atoms with E-state index in [0.717, 1.165) is 40.5 Å². The van der Waals surface area contributed by atoms with Gasteiger partial charge in [-0.1, -0.05) is 19.8 Å². The van der Waals surface area contributed by atoms with Crippen molar-refractivity contribution in [3.63, 3.8) is 0 Å². The monoisotopic (exact) mass is 359 g/mol. The summed E-state index contributed by atoms with van der Waals surface area (Å²) >= 11 is 0. The molecule has 1 aromatic heterocycles. The van der Waals surface area contributed by atoms with Gasteiger partial charge in [-0.25, -0.2) is 9.69 Å². The van der Waals surface area contributed by atoms with Crippen LogP contribution < -0.4 is 0 Å². The number of amides is 4. The van der Waals surface area contributed by atoms with E-state index in [1.165, 1.54) is 0 Å². The highest BCUT2D eigenvalue weighted by Gasteiger charge is 2.49. The number of aromatic nitrogens is 1. The van der Waals surface area contributed by atoms with Gasteiger partial charge in [-0.15, -0.1) is 0 Å². The van der Waals surface area contributed by atoms with E-state index in [1.807, 2.05) is 32.4 Å². The predicted octanol–water partition coefficient (Wildman–Crippen LogP) is 2.19. The molecule has 7 heteroatoms. The molecule has 2 fully saturated rings. The number of carbonyl (C=O) groups excluding carboxylic acids is 4. The standard InChI is InChI=1S/C19H25N3O4/c1-11-7-5-6-8-15(11)22-18(25)17(24)21(19(22)26)10-16(23)14-9-12(2)20(4)13(14)3/h9,11,15H,5-8,10H2,1-4H3/t11-,15-/m1/s1. The minimum Gasteiger partial charge on any atom is -0.351 e. The molecule has 0 N–H and O–H groups in total. The van der Waals surface area contributed by atoms with Gasteiger partial charge >= 0.3 is 17.8 Å². The summed E-state index contributed by atoms with van der Waals surface area (Å²) in [6, 6.07) is 0.830. The molecule has 1 aliphatic heterocycles. The Kier molecular flexibility index (Phi) is 4.73. The lowest BCUT2D eigenvalue weighted by Crippen LogP contribution is -2.46. The molecule has 0 aromatic carbocycles. The fourth-order valence-corrected chi connectivity index (χ4v) is 4.00. The van der Waals surface area contributed by atoms with Crippen molar-refractivity contribution in [3.05, 3.63) is 23.0 Å². The summed E-state index contributed by atoms with van der Waals surface area (Å²) in [5.41, 5.74) is 2.16. The summed E-state index contributed by atoms with van der Waals surface area (Å²) < 4.78 is 1.88. The van der Waals surface area contributed by atoms with E-state index >= 15 is 0 Å². The summed E-state index contributed by atoms with van der Waals surface area (Å²) in [4.78, 5) is 52.0. The molecular formula is C19H25N3O4. The van der Waals surface area contributed by atoms with Crippen LogP contribution in [0.1, 0.15) is 54.4 Å². The van der Waals surface area contributed by atoms with Crippen molar-refractivity contribution in [1.82, 2.24) is 14.4 Å². The Morgan fingerprint density at radius 2 is 1.77 bits per heavy atom. The lowest BCUT2D eigenvalue weighted by Gasteiger charge is -2.34. The van der Waals surface area contributed by atoms with Gasteiger partial charge in [0.25, 0.3) is 0 Å². The molecule has 7 nitrogen and oxygen atoms in total. The zero-order valence-electron chi connectivity index (χ0n) is 15.7. The Hall–Kier alpha value is -2.44. The highest BCUT2D eigenvalue weighted by Crippen LogP contribution is 2.31. The maximum Gasteiger partial charge on any atom is 0.334 e. The van der Waals surface area contributed by atoms with Crippen molar-refractivity contribution < 1.29 is 19.2 Å². The molecule has 1 saturated carbocycles. The number of aryl methyl sites for hydroxylation is 1. The Balaban J connectivity index is 1.81. The van der Waals surface area contributed by atoms with Crippen LogP contribution in [-0.4, -0.2) is 50.6 Å². The summed E-state index contributed by atoms with van der Waals surface area (Å²) in [7, 11) is 1.85. The Bertz CT molecular complexity index is 795. The van der Waals surface area contributed by atoms with Crippen LogP contribution in [0, 0.1) is 19.8 Å². The van der Waals surface area contributed by atoms with Gasteiger partial charge in [0.05, 0.1) is 6.54 Å². The normalized spacial score (nSPS) is 23.9. The summed E-state index contributed by atoms with van der Waals surface area (Å²) in [5.74, 6) is -1.87. The number of nitrogens with zero attached hydrogens (tertiary/aromatic N) is 3. The molecular weight excluding hydrogens is 334 g/mol. The van der Waals surface area contributed by atoms with E-state index in [-0.39, 0.29) is 17.7 Å². The second-order valence-corrected chi connectivity index (χ2v) is 7.45. The van der Waals surface area contributed by atoms with E-state index in [4.69, 9.17) is 0 Å². The quantitative estimate of drug-likeness (QED) is 0.469. The minimum atomic E-state index is -0.897. The maximum atomic E-state index is 12.7. The topological polar surface area (TPSA) is 79.7 Å². The highest BCUT2D eigenvalue weighted by atomic mass is 16.2. The molecule has 0 unspecified atom stereocenters. The number of rotatable bonds is 4. The van der Waals surface area contributed by atoms with E-state index < -0.39 is 24.4 Å². The molecule has 0 spiro atoms. The number of carbonyl (C=O) groups is 4. The second-order valence-electron chi connectivity index (χ2n) is 7.45. The van der Waals surface area contributed by atoms with Crippen LogP contribution >= 0.6 is 0 Å². The average molecular weight is 359 g/mol. The first-order chi connectivity index (χ1) is 12.2. The molecule has 140 valence electrons. The fraction of sp³-hybridized carbons (Fsp3) is 0.579. The molecule has 26 heavy (non-hydrogen) atoms. The first kappa shape index (κ1) is 18.4. The van der Waals surface area contributed by atoms with Crippen molar-refractivity contribution in [2.45, 2.75) is 52.5 Å². The minimum absolute atomic E-state index is 0.166. The predicted molar refractivity (Wildman–Crippen MR) is 94.6 cm³/mol. The molecule has 0 bridgehead atoms. The van der Waals surface area contributed by atoms with Gasteiger partial charge in [-0.05, 0) is 38.7 Å². The summed E-state index contributed by atoms with van der Waals surface area (Å²) in [6.45, 7) is 5.30. The van der Waals surface area contributed by atoms with Gasteiger partial charge in [0.2, 0.25) is 0 Å². The molecule has 1 aliphatic carbocycles. The van der Waals surface area contributed by atoms with Crippen LogP contribution in [0.15, 0.2) is 6.07 Å². The Morgan fingerprint density at radius 1 is 1.12 bits per heavy atom. The zero-order valence-corrected chi connectivity index (χ0v) is 15.7. The van der Waals surface area contributed by atoms with Crippen molar-refractivity contribution >= 4 is 23.6 Å². The van der Waals surface area contributed by atoms with Crippen molar-refractivity contribution in [2.75, 3.05) is 6.54 Å². The molecule has 3 rings (SSSR count). The van der Waals surface area contributed by atoms with Crippen LogP contribution in [0.3, 0.4) is 0 Å². The molecule has 1 saturated heterocycles. The van der Waals surface area contributed by atoms with Gasteiger partial charge in [0.15, 0.2) is 5.78 Å². The molecule has 2 atom stereocenters. The summed E-state index contributed by atoms with van der Waals surface area (Å²) in [5, 5.41) is 0. The molecule has 0 radical (unpaired) electrons. The van der Waals surface area contributed by atoms with Crippen LogP contribution in [-0.2, 0) is 16.6 Å². The van der Waals surface area contributed by atoms with Gasteiger partial charge in [-0.2, -0.15) is 0 Å². The smallest absolute Gasteiger partial charge is 0.334 e. The third-order valence-corrected chi connectivity index (χ3v) is 5.86. The molecule has 4 amide bonds. The second kappa shape index (κ2) is 6.70. The fourth-order valence-electron chi connectivity index (χ4n) is 4.00. The third kappa shape index (κ3) is 2.85. The van der Waals surface area contributed by atoms with Crippen LogP contribution in [0.2, 0.25) is 0 Å². The first-order valence-corrected chi connectivity index (χ1v) is 9.09. The number of Topliss-reactive ketones (excluding diaryl/α,β-unsaturated/α-hetero) is 1. The Morgan fingerprint density at radius 3 is 2.35 bits per heavy atom. The molecule has 1 aromatic rings. The van der Waals surface area contributed by atoms with Gasteiger partial charge < -0.3 is 4.57 Å². The maximum absolute atomic E-state index is 12.7. The van der Waals surface area contributed by atoms with Crippen LogP contribution in [0.5, 0.6) is 0 Å². The molecule has 2 aliphatic rings. The van der Waals surface area contributed by atoms with Gasteiger partial charge in [-0.3, -0.25) is 19.3 Å². The van der Waals surface area contributed by atoms with E-state index in [1.54, 1.807) is 6.07 Å². The van der Waals surface area contributed by atoms with Crippen molar-refractivity contribution in [1.29, 1.82) is 0 Å². The zero-order chi connectivity index (χ0) is 19.2. The Labute approximate surface area is 152 Å². The van der Waals surface area contributed by atoms with Crippen molar-refractivity contribution in [3.8, 4) is 0 Å². The van der Waals surface area contributed by atoms with Crippen molar-refractivity contribution in [2.24, 2.45) is 13.0 Å². The van der Waals surface area contributed by atoms with E-state index in [2.05, 4.69) is 0 Å². The van der Waals surface area contributed by atoms with Crippen LogP contribution in [0.25, 0.3) is 0 Å². The van der Waals surface area contributed by atoms with Crippen LogP contribution in [0.4, 0.5) is 4.79 Å². The first-order valence-electron chi connectivity index (χ1n) is 9.09. The number of hydrogen-bond donors (Lipinski definition) is 0. The lowest BCUT2D eigenvalue weighted by molar-refractivity contribution is -0.144. The van der Waals surface area contributed by atoms with E-state index in [9.17, 15) is 19.2 Å². The van der Waals surface area contributed by atoms with E-state index in [0.29, 0.717) is 12.0 Å².